The summed E-state index contributed by atoms with van der Waals surface area (Å²) in [5, 5.41) is 12.3. The lowest BCUT2D eigenvalue weighted by atomic mass is 10.2. The summed E-state index contributed by atoms with van der Waals surface area (Å²) in [6, 6.07) is 8.62. The van der Waals surface area contributed by atoms with Crippen LogP contribution < -0.4 is 5.32 Å². The van der Waals surface area contributed by atoms with Crippen molar-refractivity contribution in [1.82, 2.24) is 10.2 Å². The molecular weight excluding hydrogens is 341 g/mol. The Morgan fingerprint density at radius 1 is 1.35 bits per heavy atom. The average molecular weight is 352 g/mol. The van der Waals surface area contributed by atoms with Crippen LogP contribution in [0.1, 0.15) is 5.56 Å². The molecule has 0 aliphatic heterocycles. The lowest BCUT2D eigenvalue weighted by molar-refractivity contribution is 0.628. The van der Waals surface area contributed by atoms with Crippen LogP contribution in [-0.2, 0) is 6.54 Å². The second-order valence-corrected chi connectivity index (χ2v) is 6.03. The van der Waals surface area contributed by atoms with Gasteiger partial charge >= 0.3 is 0 Å². The molecule has 0 atom stereocenters. The maximum Gasteiger partial charge on any atom is 0.125 e. The predicted molar refractivity (Wildman–Crippen MR) is 83.3 cm³/mol. The van der Waals surface area contributed by atoms with E-state index in [-0.39, 0.29) is 5.82 Å². The molecule has 0 unspecified atom stereocenters. The number of hydrogen-bond acceptors (Lipinski definition) is 3. The zero-order valence-electron chi connectivity index (χ0n) is 10.4. The van der Waals surface area contributed by atoms with E-state index in [0.29, 0.717) is 6.54 Å². The fraction of sp³-hybridized carbons (Fsp3) is 0.0714. The number of H-pyrrole nitrogens is 1. The molecule has 0 amide bonds. The van der Waals surface area contributed by atoms with Crippen LogP contribution in [0, 0.1) is 5.82 Å². The summed E-state index contributed by atoms with van der Waals surface area (Å²) in [4.78, 5) is 1.14. The molecule has 3 nitrogen and oxygen atoms in total. The Hall–Kier alpha value is -1.66. The molecule has 2 heterocycles. The second kappa shape index (κ2) is 5.76. The third-order valence-corrected chi connectivity index (χ3v) is 4.46. The molecule has 0 bridgehead atoms. The Labute approximate surface area is 128 Å². The van der Waals surface area contributed by atoms with Crippen LogP contribution in [0.15, 0.2) is 46.4 Å². The summed E-state index contributed by atoms with van der Waals surface area (Å²) < 4.78 is 14.1. The minimum atomic E-state index is -0.263. The summed E-state index contributed by atoms with van der Waals surface area (Å²) in [6.07, 6.45) is 1.79. The Balaban J connectivity index is 1.79. The molecule has 2 aromatic heterocycles. The van der Waals surface area contributed by atoms with Crippen LogP contribution in [0.25, 0.3) is 10.6 Å². The SMILES string of the molecule is Fc1ccc(Br)c(NCc2cn[nH]c2-c2cccs2)c1. The molecule has 3 rings (SSSR count). The largest absolute Gasteiger partial charge is 0.380 e. The standard InChI is InChI=1S/C14H11BrFN3S/c15-11-4-3-10(16)6-12(11)17-7-9-8-18-19-14(9)13-2-1-5-20-13/h1-6,8,17H,7H2,(H,18,19). The molecule has 0 radical (unpaired) electrons. The van der Waals surface area contributed by atoms with Crippen molar-refractivity contribution in [2.24, 2.45) is 0 Å². The molecule has 0 saturated carbocycles. The maximum absolute atomic E-state index is 13.2. The predicted octanol–water partition coefficient (Wildman–Crippen LogP) is 4.65. The van der Waals surface area contributed by atoms with Gasteiger partial charge < -0.3 is 5.32 Å². The zero-order valence-corrected chi connectivity index (χ0v) is 12.8. The number of nitrogens with one attached hydrogen (secondary N) is 2. The summed E-state index contributed by atoms with van der Waals surface area (Å²) >= 11 is 5.06. The molecule has 0 saturated heterocycles. The highest BCUT2D eigenvalue weighted by molar-refractivity contribution is 9.10. The minimum absolute atomic E-state index is 0.263. The first-order valence-electron chi connectivity index (χ1n) is 5.99. The van der Waals surface area contributed by atoms with E-state index in [9.17, 15) is 4.39 Å². The van der Waals surface area contributed by atoms with Crippen molar-refractivity contribution in [2.75, 3.05) is 5.32 Å². The highest BCUT2D eigenvalue weighted by atomic mass is 79.9. The topological polar surface area (TPSA) is 40.7 Å². The quantitative estimate of drug-likeness (QED) is 0.718. The highest BCUT2D eigenvalue weighted by Crippen LogP contribution is 2.28. The van der Waals surface area contributed by atoms with Gasteiger partial charge in [-0.3, -0.25) is 5.10 Å². The molecular formula is C14H11BrFN3S. The normalized spacial score (nSPS) is 10.7. The Bertz CT molecular complexity index is 709. The molecule has 0 aliphatic rings. The lowest BCUT2D eigenvalue weighted by Crippen LogP contribution is -2.00. The number of aromatic amines is 1. The van der Waals surface area contributed by atoms with E-state index in [2.05, 4.69) is 31.4 Å². The van der Waals surface area contributed by atoms with Gasteiger partial charge in [0.05, 0.1) is 22.5 Å². The van der Waals surface area contributed by atoms with Crippen LogP contribution in [0.3, 0.4) is 0 Å². The van der Waals surface area contributed by atoms with Gasteiger partial charge in [0.2, 0.25) is 0 Å². The molecule has 2 N–H and O–H groups in total. The molecule has 0 aliphatic carbocycles. The van der Waals surface area contributed by atoms with E-state index in [4.69, 9.17) is 0 Å². The molecule has 20 heavy (non-hydrogen) atoms. The van der Waals surface area contributed by atoms with Crippen molar-refractivity contribution < 1.29 is 4.39 Å². The Morgan fingerprint density at radius 3 is 3.05 bits per heavy atom. The number of aromatic nitrogens is 2. The van der Waals surface area contributed by atoms with Crippen molar-refractivity contribution in [1.29, 1.82) is 0 Å². The van der Waals surface area contributed by atoms with E-state index >= 15 is 0 Å². The van der Waals surface area contributed by atoms with Crippen molar-refractivity contribution in [3.8, 4) is 10.6 Å². The third-order valence-electron chi connectivity index (χ3n) is 2.88. The summed E-state index contributed by atoms with van der Waals surface area (Å²) in [5.74, 6) is -0.263. The van der Waals surface area contributed by atoms with E-state index in [1.807, 2.05) is 17.5 Å². The van der Waals surface area contributed by atoms with Crippen molar-refractivity contribution >= 4 is 33.0 Å². The number of anilines is 1. The van der Waals surface area contributed by atoms with Crippen molar-refractivity contribution in [3.05, 3.63) is 57.8 Å². The number of hydrogen-bond donors (Lipinski definition) is 2. The van der Waals surface area contributed by atoms with Gasteiger partial charge in [0.15, 0.2) is 0 Å². The zero-order chi connectivity index (χ0) is 13.9. The van der Waals surface area contributed by atoms with Gasteiger partial charge in [-0.15, -0.1) is 11.3 Å². The maximum atomic E-state index is 13.2. The van der Waals surface area contributed by atoms with E-state index < -0.39 is 0 Å². The van der Waals surface area contributed by atoms with Gasteiger partial charge in [-0.25, -0.2) is 4.39 Å². The first kappa shape index (κ1) is 13.3. The van der Waals surface area contributed by atoms with Crippen LogP contribution >= 0.6 is 27.3 Å². The third kappa shape index (κ3) is 2.76. The van der Waals surface area contributed by atoms with Gasteiger partial charge in [0.25, 0.3) is 0 Å². The van der Waals surface area contributed by atoms with Gasteiger partial charge in [0.1, 0.15) is 5.82 Å². The number of halogens is 2. The molecule has 3 aromatic rings. The fourth-order valence-corrected chi connectivity index (χ4v) is 3.04. The lowest BCUT2D eigenvalue weighted by Gasteiger charge is -2.08. The van der Waals surface area contributed by atoms with Crippen LogP contribution in [0.5, 0.6) is 0 Å². The monoisotopic (exact) mass is 351 g/mol. The van der Waals surface area contributed by atoms with Crippen molar-refractivity contribution in [2.45, 2.75) is 6.54 Å². The second-order valence-electron chi connectivity index (χ2n) is 4.23. The first-order chi connectivity index (χ1) is 9.74. The molecule has 102 valence electrons. The molecule has 6 heteroatoms. The fourth-order valence-electron chi connectivity index (χ4n) is 1.90. The number of thiophene rings is 1. The van der Waals surface area contributed by atoms with E-state index in [1.165, 1.54) is 12.1 Å². The molecule has 0 fully saturated rings. The van der Waals surface area contributed by atoms with Gasteiger partial charge in [-0.1, -0.05) is 6.07 Å². The van der Waals surface area contributed by atoms with Gasteiger partial charge in [0, 0.05) is 16.6 Å². The number of rotatable bonds is 4. The smallest absolute Gasteiger partial charge is 0.125 e. The Morgan fingerprint density at radius 2 is 2.25 bits per heavy atom. The van der Waals surface area contributed by atoms with Crippen LogP contribution in [-0.4, -0.2) is 10.2 Å². The number of benzene rings is 1. The molecule has 1 aromatic carbocycles. The minimum Gasteiger partial charge on any atom is -0.380 e. The van der Waals surface area contributed by atoms with Crippen LogP contribution in [0.2, 0.25) is 0 Å². The van der Waals surface area contributed by atoms with Crippen molar-refractivity contribution in [3.63, 3.8) is 0 Å². The summed E-state index contributed by atoms with van der Waals surface area (Å²) in [5.41, 5.74) is 2.77. The Kier molecular flexibility index (Phi) is 3.84. The summed E-state index contributed by atoms with van der Waals surface area (Å²) in [7, 11) is 0. The summed E-state index contributed by atoms with van der Waals surface area (Å²) in [6.45, 7) is 0.575. The first-order valence-corrected chi connectivity index (χ1v) is 7.66. The average Bonchev–Trinajstić information content (AvgIpc) is 3.09. The van der Waals surface area contributed by atoms with Gasteiger partial charge in [-0.05, 0) is 45.6 Å². The molecule has 0 spiro atoms. The van der Waals surface area contributed by atoms with E-state index in [1.54, 1.807) is 23.6 Å². The van der Waals surface area contributed by atoms with Crippen LogP contribution in [0.4, 0.5) is 10.1 Å². The van der Waals surface area contributed by atoms with E-state index in [0.717, 1.165) is 26.3 Å². The highest BCUT2D eigenvalue weighted by Gasteiger charge is 2.09. The van der Waals surface area contributed by atoms with Gasteiger partial charge in [-0.2, -0.15) is 5.10 Å². The number of nitrogens with zero attached hydrogens (tertiary/aromatic N) is 1.